The summed E-state index contributed by atoms with van der Waals surface area (Å²) in [5.74, 6) is 1.29. The molecule has 0 bridgehead atoms. The van der Waals surface area contributed by atoms with Gasteiger partial charge in [-0.3, -0.25) is 0 Å². The van der Waals surface area contributed by atoms with Crippen molar-refractivity contribution < 1.29 is 4.74 Å². The van der Waals surface area contributed by atoms with Gasteiger partial charge in [0.1, 0.15) is 5.75 Å². The third kappa shape index (κ3) is 2.75. The number of nitrogens with zero attached hydrogens (tertiary/aromatic N) is 1. The van der Waals surface area contributed by atoms with Gasteiger partial charge in [0, 0.05) is 11.5 Å². The first-order valence-corrected chi connectivity index (χ1v) is 7.46. The Labute approximate surface area is 120 Å². The summed E-state index contributed by atoms with van der Waals surface area (Å²) in [5.41, 5.74) is 3.38. The van der Waals surface area contributed by atoms with Crippen LogP contribution in [0.1, 0.15) is 36.6 Å². The molecule has 4 heteroatoms. The summed E-state index contributed by atoms with van der Waals surface area (Å²) < 4.78 is 11.4. The van der Waals surface area contributed by atoms with Crippen LogP contribution in [0, 0.1) is 13.8 Å². The Kier molecular flexibility index (Phi) is 4.07. The van der Waals surface area contributed by atoms with Gasteiger partial charge < -0.3 is 4.74 Å². The lowest BCUT2D eigenvalue weighted by Gasteiger charge is -2.08. The zero-order chi connectivity index (χ0) is 13.3. The lowest BCUT2D eigenvalue weighted by atomic mass is 10.1. The van der Waals surface area contributed by atoms with Gasteiger partial charge in [-0.1, -0.05) is 26.0 Å². The largest absolute Gasteiger partial charge is 0.444 e. The molecule has 0 fully saturated rings. The molecular formula is C14H16BrNOS. The van der Waals surface area contributed by atoms with Crippen LogP contribution >= 0.6 is 27.5 Å². The van der Waals surface area contributed by atoms with Crippen molar-refractivity contribution in [1.29, 1.82) is 0 Å². The van der Waals surface area contributed by atoms with Crippen molar-refractivity contribution in [3.63, 3.8) is 0 Å². The van der Waals surface area contributed by atoms with E-state index in [1.165, 1.54) is 17.1 Å². The first kappa shape index (κ1) is 13.6. The van der Waals surface area contributed by atoms with Crippen LogP contribution in [0.3, 0.4) is 0 Å². The van der Waals surface area contributed by atoms with Crippen LogP contribution in [0.4, 0.5) is 0 Å². The SMILES string of the molecule is Cc1ccc(C)c(Oc2snc(C(C)C)c2Br)c1. The number of ether oxygens (including phenoxy) is 1. The number of halogens is 1. The Hall–Kier alpha value is -0.870. The van der Waals surface area contributed by atoms with Gasteiger partial charge in [-0.05, 0) is 52.9 Å². The van der Waals surface area contributed by atoms with Crippen LogP contribution in [0.15, 0.2) is 22.7 Å². The first-order valence-electron chi connectivity index (χ1n) is 5.89. The Morgan fingerprint density at radius 3 is 2.61 bits per heavy atom. The summed E-state index contributed by atoms with van der Waals surface area (Å²) in [4.78, 5) is 0. The van der Waals surface area contributed by atoms with E-state index >= 15 is 0 Å². The molecule has 0 radical (unpaired) electrons. The zero-order valence-electron chi connectivity index (χ0n) is 11.0. The van der Waals surface area contributed by atoms with Gasteiger partial charge >= 0.3 is 0 Å². The molecule has 0 aliphatic heterocycles. The molecule has 18 heavy (non-hydrogen) atoms. The standard InChI is InChI=1S/C14H16BrNOS/c1-8(2)13-12(15)14(18-16-13)17-11-7-9(3)5-6-10(11)4/h5-8H,1-4H3. The van der Waals surface area contributed by atoms with Crippen LogP contribution in [-0.4, -0.2) is 4.37 Å². The maximum atomic E-state index is 5.96. The minimum Gasteiger partial charge on any atom is -0.444 e. The van der Waals surface area contributed by atoms with Gasteiger partial charge in [-0.2, -0.15) is 4.37 Å². The molecule has 0 saturated carbocycles. The van der Waals surface area contributed by atoms with Crippen LogP contribution in [-0.2, 0) is 0 Å². The van der Waals surface area contributed by atoms with E-state index in [1.54, 1.807) is 0 Å². The Bertz CT molecular complexity index is 563. The molecule has 2 rings (SSSR count). The molecule has 1 heterocycles. The second-order valence-corrected chi connectivity index (χ2v) is 6.22. The summed E-state index contributed by atoms with van der Waals surface area (Å²) in [6.07, 6.45) is 0. The maximum absolute atomic E-state index is 5.96. The van der Waals surface area contributed by atoms with E-state index in [-0.39, 0.29) is 0 Å². The van der Waals surface area contributed by atoms with Crippen molar-refractivity contribution in [3.8, 4) is 10.8 Å². The Morgan fingerprint density at radius 2 is 2.00 bits per heavy atom. The summed E-state index contributed by atoms with van der Waals surface area (Å²) in [7, 11) is 0. The average molecular weight is 326 g/mol. The Balaban J connectivity index is 2.32. The highest BCUT2D eigenvalue weighted by molar-refractivity contribution is 9.10. The number of hydrogen-bond donors (Lipinski definition) is 0. The molecule has 0 aliphatic rings. The predicted octanol–water partition coefficient (Wildman–Crippen LogP) is 5.44. The topological polar surface area (TPSA) is 22.1 Å². The van der Waals surface area contributed by atoms with Gasteiger partial charge in [0.25, 0.3) is 0 Å². The van der Waals surface area contributed by atoms with Crippen LogP contribution < -0.4 is 4.74 Å². The van der Waals surface area contributed by atoms with E-state index in [9.17, 15) is 0 Å². The lowest BCUT2D eigenvalue weighted by molar-refractivity contribution is 0.488. The highest BCUT2D eigenvalue weighted by Crippen LogP contribution is 2.39. The molecule has 1 aromatic heterocycles. The molecule has 0 atom stereocenters. The minimum absolute atomic E-state index is 0.395. The lowest BCUT2D eigenvalue weighted by Crippen LogP contribution is -1.89. The summed E-state index contributed by atoms with van der Waals surface area (Å²) in [6.45, 7) is 8.36. The molecule has 0 N–H and O–H groups in total. The third-order valence-corrected chi connectivity index (χ3v) is 4.49. The normalized spacial score (nSPS) is 11.0. The molecule has 0 amide bonds. The molecule has 96 valence electrons. The van der Waals surface area contributed by atoms with Crippen LogP contribution in [0.2, 0.25) is 0 Å². The molecule has 2 aromatic rings. The fourth-order valence-corrected chi connectivity index (χ4v) is 3.37. The maximum Gasteiger partial charge on any atom is 0.214 e. The highest BCUT2D eigenvalue weighted by atomic mass is 79.9. The van der Waals surface area contributed by atoms with E-state index < -0.39 is 0 Å². The van der Waals surface area contributed by atoms with Gasteiger partial charge in [-0.15, -0.1) is 0 Å². The molecule has 0 saturated heterocycles. The Morgan fingerprint density at radius 1 is 1.28 bits per heavy atom. The van der Waals surface area contributed by atoms with Crippen LogP contribution in [0.5, 0.6) is 10.8 Å². The number of benzene rings is 1. The van der Waals surface area contributed by atoms with Gasteiger partial charge in [-0.25, -0.2) is 0 Å². The number of rotatable bonds is 3. The van der Waals surface area contributed by atoms with Gasteiger partial charge in [0.15, 0.2) is 0 Å². The minimum atomic E-state index is 0.395. The van der Waals surface area contributed by atoms with Crippen molar-refractivity contribution in [2.45, 2.75) is 33.6 Å². The monoisotopic (exact) mass is 325 g/mol. The van der Waals surface area contributed by atoms with E-state index in [0.717, 1.165) is 26.5 Å². The third-order valence-electron chi connectivity index (χ3n) is 2.72. The number of aryl methyl sites for hydroxylation is 2. The average Bonchev–Trinajstić information content (AvgIpc) is 2.66. The molecule has 2 nitrogen and oxygen atoms in total. The van der Waals surface area contributed by atoms with E-state index in [1.807, 2.05) is 6.92 Å². The predicted molar refractivity (Wildman–Crippen MR) is 79.9 cm³/mol. The second-order valence-electron chi connectivity index (χ2n) is 4.69. The van der Waals surface area contributed by atoms with E-state index in [0.29, 0.717) is 5.92 Å². The second kappa shape index (κ2) is 5.41. The molecule has 0 unspecified atom stereocenters. The molecule has 0 aliphatic carbocycles. The fraction of sp³-hybridized carbons (Fsp3) is 0.357. The molecule has 0 spiro atoms. The summed E-state index contributed by atoms with van der Waals surface area (Å²) in [6, 6.07) is 6.21. The van der Waals surface area contributed by atoms with Gasteiger partial charge in [0.05, 0.1) is 10.2 Å². The van der Waals surface area contributed by atoms with Gasteiger partial charge in [0.2, 0.25) is 5.06 Å². The van der Waals surface area contributed by atoms with Crippen molar-refractivity contribution in [2.24, 2.45) is 0 Å². The van der Waals surface area contributed by atoms with Crippen LogP contribution in [0.25, 0.3) is 0 Å². The van der Waals surface area contributed by atoms with E-state index in [2.05, 4.69) is 59.3 Å². The first-order chi connectivity index (χ1) is 8.49. The van der Waals surface area contributed by atoms with Crippen molar-refractivity contribution in [2.75, 3.05) is 0 Å². The number of aromatic nitrogens is 1. The van der Waals surface area contributed by atoms with Crippen molar-refractivity contribution in [3.05, 3.63) is 39.5 Å². The van der Waals surface area contributed by atoms with Crippen molar-refractivity contribution >= 4 is 27.5 Å². The highest BCUT2D eigenvalue weighted by Gasteiger charge is 2.16. The molecular weight excluding hydrogens is 310 g/mol. The fourth-order valence-electron chi connectivity index (χ4n) is 1.61. The quantitative estimate of drug-likeness (QED) is 0.749. The molecule has 1 aromatic carbocycles. The zero-order valence-corrected chi connectivity index (χ0v) is 13.4. The van der Waals surface area contributed by atoms with Crippen molar-refractivity contribution in [1.82, 2.24) is 4.37 Å². The van der Waals surface area contributed by atoms with E-state index in [4.69, 9.17) is 4.74 Å². The number of hydrogen-bond acceptors (Lipinski definition) is 3. The smallest absolute Gasteiger partial charge is 0.214 e. The summed E-state index contributed by atoms with van der Waals surface area (Å²) in [5, 5.41) is 0.826. The summed E-state index contributed by atoms with van der Waals surface area (Å²) >= 11 is 4.97.